The first-order valence-corrected chi connectivity index (χ1v) is 14.0. The molecule has 0 unspecified atom stereocenters. The fraction of sp³-hybridized carbons (Fsp3) is 0.167. The van der Waals surface area contributed by atoms with Gasteiger partial charge in [-0.2, -0.15) is 0 Å². The summed E-state index contributed by atoms with van der Waals surface area (Å²) in [5, 5.41) is 1.38. The van der Waals surface area contributed by atoms with Gasteiger partial charge in [-0.3, -0.25) is 0 Å². The molecule has 0 atom stereocenters. The third-order valence-corrected chi connectivity index (χ3v) is 8.58. The lowest BCUT2D eigenvalue weighted by Crippen LogP contribution is -2.02. The fourth-order valence-corrected chi connectivity index (χ4v) is 6.81. The highest BCUT2D eigenvalue weighted by atomic mass is 15.0. The van der Waals surface area contributed by atoms with Crippen molar-refractivity contribution in [1.82, 2.24) is 9.13 Å². The van der Waals surface area contributed by atoms with Crippen LogP contribution < -0.4 is 0 Å². The molecule has 0 bridgehead atoms. The van der Waals surface area contributed by atoms with E-state index >= 15 is 0 Å². The lowest BCUT2D eigenvalue weighted by atomic mass is 9.94. The first kappa shape index (κ1) is 21.8. The molecule has 3 aromatic carbocycles. The molecule has 3 aliphatic carbocycles. The van der Waals surface area contributed by atoms with E-state index in [2.05, 4.69) is 118 Å². The van der Waals surface area contributed by atoms with Gasteiger partial charge in [-0.05, 0) is 115 Å². The van der Waals surface area contributed by atoms with Crippen LogP contribution in [0, 0.1) is 0 Å². The first-order chi connectivity index (χ1) is 18.9. The van der Waals surface area contributed by atoms with Gasteiger partial charge in [0.1, 0.15) is 0 Å². The van der Waals surface area contributed by atoms with Crippen molar-refractivity contribution in [3.05, 3.63) is 125 Å². The van der Waals surface area contributed by atoms with Crippen molar-refractivity contribution in [2.24, 2.45) is 0 Å². The Labute approximate surface area is 223 Å². The van der Waals surface area contributed by atoms with E-state index in [0.717, 1.165) is 38.5 Å². The molecular formula is C36H30N2. The topological polar surface area (TPSA) is 9.86 Å². The minimum atomic E-state index is 1.11. The van der Waals surface area contributed by atoms with E-state index in [-0.39, 0.29) is 0 Å². The summed E-state index contributed by atoms with van der Waals surface area (Å²) in [5.74, 6) is 0. The van der Waals surface area contributed by atoms with Crippen LogP contribution in [0.15, 0.2) is 91.0 Å². The lowest BCUT2D eigenvalue weighted by Gasteiger charge is -2.15. The van der Waals surface area contributed by atoms with Gasteiger partial charge in [0, 0.05) is 33.8 Å². The highest BCUT2D eigenvalue weighted by molar-refractivity contribution is 5.90. The van der Waals surface area contributed by atoms with Crippen molar-refractivity contribution < 1.29 is 0 Å². The summed E-state index contributed by atoms with van der Waals surface area (Å²) in [4.78, 5) is 0. The molecule has 0 aliphatic heterocycles. The number of allylic oxidation sites excluding steroid dienone is 3. The van der Waals surface area contributed by atoms with Gasteiger partial charge in [-0.15, -0.1) is 0 Å². The first-order valence-electron chi connectivity index (χ1n) is 14.0. The maximum atomic E-state index is 2.47. The Morgan fingerprint density at radius 2 is 0.921 bits per heavy atom. The summed E-state index contributed by atoms with van der Waals surface area (Å²) < 4.78 is 4.89. The van der Waals surface area contributed by atoms with Crippen molar-refractivity contribution in [2.75, 3.05) is 0 Å². The fourth-order valence-electron chi connectivity index (χ4n) is 6.81. The van der Waals surface area contributed by atoms with Gasteiger partial charge in [0.05, 0.1) is 5.52 Å². The Hall–Kier alpha value is -4.30. The van der Waals surface area contributed by atoms with E-state index in [0.29, 0.717) is 0 Å². The Bertz CT molecular complexity index is 1740. The van der Waals surface area contributed by atoms with Gasteiger partial charge >= 0.3 is 0 Å². The standard InChI is InChI=1S/C36H30N2/c1-5-13-33-29(9-1)30-10-2-6-14-34(30)37(33)27-21-17-25(18-22-27)26-19-23-28(24-20-26)38-35-15-7-3-11-31(35)32-12-4-8-16-36(32)38/h1,5-9,13-24H,2-4,10-12H2. The minimum absolute atomic E-state index is 1.11. The molecule has 8 rings (SSSR count). The molecule has 3 aliphatic rings. The van der Waals surface area contributed by atoms with E-state index in [1.807, 2.05) is 0 Å². The molecule has 0 saturated carbocycles. The molecule has 38 heavy (non-hydrogen) atoms. The quantitative estimate of drug-likeness (QED) is 0.239. The van der Waals surface area contributed by atoms with Gasteiger partial charge in [0.15, 0.2) is 0 Å². The molecule has 5 aromatic rings. The van der Waals surface area contributed by atoms with Gasteiger partial charge in [0.2, 0.25) is 0 Å². The molecule has 0 radical (unpaired) electrons. The molecule has 2 heteroatoms. The number of para-hydroxylation sites is 1. The van der Waals surface area contributed by atoms with E-state index < -0.39 is 0 Å². The van der Waals surface area contributed by atoms with E-state index in [1.165, 1.54) is 56.0 Å². The average molecular weight is 491 g/mol. The van der Waals surface area contributed by atoms with Crippen LogP contribution in [0.4, 0.5) is 0 Å². The van der Waals surface area contributed by atoms with Crippen LogP contribution in [-0.2, 0) is 19.3 Å². The molecule has 2 nitrogen and oxygen atoms in total. The maximum Gasteiger partial charge on any atom is 0.0537 e. The molecule has 184 valence electrons. The van der Waals surface area contributed by atoms with Crippen molar-refractivity contribution in [3.63, 3.8) is 0 Å². The molecule has 0 spiro atoms. The number of rotatable bonds is 3. The summed E-state index contributed by atoms with van der Waals surface area (Å²) in [6.45, 7) is 0. The predicted octanol–water partition coefficient (Wildman–Crippen LogP) is 8.97. The van der Waals surface area contributed by atoms with Crippen molar-refractivity contribution in [1.29, 1.82) is 0 Å². The highest BCUT2D eigenvalue weighted by Gasteiger charge is 2.23. The van der Waals surface area contributed by atoms with E-state index in [4.69, 9.17) is 0 Å². The molecule has 2 aromatic heterocycles. The number of aryl methyl sites for hydroxylation is 1. The van der Waals surface area contributed by atoms with Crippen LogP contribution in [-0.4, -0.2) is 9.13 Å². The molecule has 0 saturated heterocycles. The monoisotopic (exact) mass is 490 g/mol. The minimum Gasteiger partial charge on any atom is -0.310 e. The van der Waals surface area contributed by atoms with Crippen molar-refractivity contribution in [3.8, 4) is 22.5 Å². The van der Waals surface area contributed by atoms with Crippen molar-refractivity contribution >= 4 is 29.1 Å². The Balaban J connectivity index is 1.16. The molecule has 0 N–H and O–H groups in total. The SMILES string of the molecule is C1=Cc2c(c3c(n2-c2ccc(-c4ccc(-n5c6c(c7ccccc75)CCC=C6)cc4)cc2)C=CCC3)CC1. The van der Waals surface area contributed by atoms with Crippen LogP contribution in [0.2, 0.25) is 0 Å². The largest absolute Gasteiger partial charge is 0.310 e. The summed E-state index contributed by atoms with van der Waals surface area (Å²) in [6, 6.07) is 27.0. The van der Waals surface area contributed by atoms with Gasteiger partial charge in [0.25, 0.3) is 0 Å². The third-order valence-electron chi connectivity index (χ3n) is 8.58. The Morgan fingerprint density at radius 1 is 0.447 bits per heavy atom. The second kappa shape index (κ2) is 8.63. The van der Waals surface area contributed by atoms with Crippen LogP contribution in [0.5, 0.6) is 0 Å². The summed E-state index contributed by atoms with van der Waals surface area (Å²) in [7, 11) is 0. The Kier molecular flexibility index (Phi) is 4.94. The highest BCUT2D eigenvalue weighted by Crippen LogP contribution is 2.37. The molecule has 0 fully saturated rings. The van der Waals surface area contributed by atoms with Gasteiger partial charge < -0.3 is 9.13 Å². The number of benzene rings is 3. The average Bonchev–Trinajstić information content (AvgIpc) is 3.51. The maximum absolute atomic E-state index is 2.47. The van der Waals surface area contributed by atoms with E-state index in [9.17, 15) is 0 Å². The zero-order valence-electron chi connectivity index (χ0n) is 21.5. The lowest BCUT2D eigenvalue weighted by molar-refractivity contribution is 0.922. The van der Waals surface area contributed by atoms with E-state index in [1.54, 1.807) is 11.1 Å². The third kappa shape index (κ3) is 3.26. The zero-order chi connectivity index (χ0) is 25.1. The second-order valence-corrected chi connectivity index (χ2v) is 10.7. The number of fused-ring (bicyclic) bond motifs is 6. The summed E-state index contributed by atoms with van der Waals surface area (Å²) >= 11 is 0. The molecular weight excluding hydrogens is 460 g/mol. The van der Waals surface area contributed by atoms with Gasteiger partial charge in [-0.25, -0.2) is 0 Å². The zero-order valence-corrected chi connectivity index (χ0v) is 21.5. The normalized spacial score (nSPS) is 15.5. The second-order valence-electron chi connectivity index (χ2n) is 10.7. The predicted molar refractivity (Wildman–Crippen MR) is 160 cm³/mol. The van der Waals surface area contributed by atoms with Crippen LogP contribution in [0.3, 0.4) is 0 Å². The van der Waals surface area contributed by atoms with Crippen LogP contribution in [0.25, 0.3) is 51.6 Å². The van der Waals surface area contributed by atoms with Crippen LogP contribution >= 0.6 is 0 Å². The van der Waals surface area contributed by atoms with Crippen molar-refractivity contribution in [2.45, 2.75) is 38.5 Å². The summed E-state index contributed by atoms with van der Waals surface area (Å²) in [6.07, 6.45) is 20.8. The molecule has 0 amide bonds. The Morgan fingerprint density at radius 3 is 1.50 bits per heavy atom. The number of hydrogen-bond donors (Lipinski definition) is 0. The number of aromatic nitrogens is 2. The smallest absolute Gasteiger partial charge is 0.0537 e. The molecule has 2 heterocycles. The summed E-state index contributed by atoms with van der Waals surface area (Å²) in [5.41, 5.74) is 14.9. The van der Waals surface area contributed by atoms with Crippen LogP contribution in [0.1, 0.15) is 53.0 Å². The number of nitrogens with zero attached hydrogens (tertiary/aromatic N) is 2. The number of hydrogen-bond acceptors (Lipinski definition) is 0. The van der Waals surface area contributed by atoms with Gasteiger partial charge in [-0.1, -0.05) is 60.7 Å².